The van der Waals surface area contributed by atoms with Gasteiger partial charge in [0.05, 0.1) is 0 Å². The van der Waals surface area contributed by atoms with Gasteiger partial charge in [0.1, 0.15) is 17.2 Å². The van der Waals surface area contributed by atoms with Gasteiger partial charge in [0, 0.05) is 24.3 Å². The van der Waals surface area contributed by atoms with Crippen molar-refractivity contribution in [3.8, 4) is 0 Å². The van der Waals surface area contributed by atoms with Crippen LogP contribution in [0, 0.1) is 18.6 Å². The maximum Gasteiger partial charge on any atom is 0.257 e. The van der Waals surface area contributed by atoms with Crippen molar-refractivity contribution in [3.63, 3.8) is 0 Å². The van der Waals surface area contributed by atoms with Gasteiger partial charge in [-0.05, 0) is 43.0 Å². The summed E-state index contributed by atoms with van der Waals surface area (Å²) in [5.74, 6) is -2.42. The Morgan fingerprint density at radius 3 is 2.54 bits per heavy atom. The molecule has 0 spiro atoms. The number of benzene rings is 2. The van der Waals surface area contributed by atoms with Gasteiger partial charge < -0.3 is 9.88 Å². The summed E-state index contributed by atoms with van der Waals surface area (Å²) < 4.78 is 29.3. The molecule has 3 aromatic rings. The number of aromatic nitrogens is 1. The van der Waals surface area contributed by atoms with E-state index in [0.29, 0.717) is 13.0 Å². The molecule has 3 rings (SSSR count). The first kappa shape index (κ1) is 16.2. The van der Waals surface area contributed by atoms with Crippen molar-refractivity contribution < 1.29 is 13.6 Å². The van der Waals surface area contributed by atoms with E-state index in [9.17, 15) is 13.6 Å². The zero-order valence-corrected chi connectivity index (χ0v) is 13.4. The van der Waals surface area contributed by atoms with Crippen molar-refractivity contribution in [2.24, 2.45) is 0 Å². The lowest BCUT2D eigenvalue weighted by Crippen LogP contribution is -2.27. The number of carbonyl (C=O) groups excluding carboxylic acids is 1. The van der Waals surface area contributed by atoms with Gasteiger partial charge in [-0.25, -0.2) is 8.78 Å². The highest BCUT2D eigenvalue weighted by atomic mass is 19.1. The normalized spacial score (nSPS) is 11.0. The molecule has 0 aliphatic rings. The van der Waals surface area contributed by atoms with Crippen LogP contribution in [0.2, 0.25) is 0 Å². The van der Waals surface area contributed by atoms with Gasteiger partial charge in [0.2, 0.25) is 0 Å². The minimum Gasteiger partial charge on any atom is -0.352 e. The van der Waals surface area contributed by atoms with Crippen LogP contribution < -0.4 is 5.32 Å². The number of para-hydroxylation sites is 1. The zero-order chi connectivity index (χ0) is 17.1. The fourth-order valence-electron chi connectivity index (χ4n) is 2.89. The molecule has 0 aliphatic carbocycles. The summed E-state index contributed by atoms with van der Waals surface area (Å²) in [6, 6.07) is 13.6. The van der Waals surface area contributed by atoms with Crippen molar-refractivity contribution in [1.29, 1.82) is 0 Å². The molecule has 1 aromatic heterocycles. The number of halogens is 2. The Morgan fingerprint density at radius 1 is 1.08 bits per heavy atom. The summed E-state index contributed by atoms with van der Waals surface area (Å²) in [4.78, 5) is 11.9. The molecule has 5 heteroatoms. The van der Waals surface area contributed by atoms with Crippen LogP contribution in [0.5, 0.6) is 0 Å². The predicted octanol–water partition coefficient (Wildman–Crippen LogP) is 4.05. The predicted molar refractivity (Wildman–Crippen MR) is 90.0 cm³/mol. The number of amides is 1. The van der Waals surface area contributed by atoms with Crippen molar-refractivity contribution in [3.05, 3.63) is 71.4 Å². The van der Waals surface area contributed by atoms with Crippen LogP contribution in [0.3, 0.4) is 0 Å². The van der Waals surface area contributed by atoms with E-state index in [-0.39, 0.29) is 0 Å². The molecule has 0 fully saturated rings. The largest absolute Gasteiger partial charge is 0.352 e. The van der Waals surface area contributed by atoms with E-state index in [1.165, 1.54) is 11.5 Å². The van der Waals surface area contributed by atoms with Gasteiger partial charge in [0.25, 0.3) is 5.91 Å². The number of carbonyl (C=O) groups is 1. The topological polar surface area (TPSA) is 34.0 Å². The average molecular weight is 328 g/mol. The second-order valence-corrected chi connectivity index (χ2v) is 5.70. The minimum atomic E-state index is -0.847. The van der Waals surface area contributed by atoms with Gasteiger partial charge in [0.15, 0.2) is 0 Å². The molecule has 3 nitrogen and oxygen atoms in total. The summed E-state index contributed by atoms with van der Waals surface area (Å²) in [7, 11) is 0. The van der Waals surface area contributed by atoms with E-state index >= 15 is 0 Å². The molecule has 0 saturated carbocycles. The number of nitrogens with one attached hydrogen (secondary N) is 1. The standard InChI is InChI=1S/C19H18F2N2O/c1-13-12-14-6-2-3-9-17(14)23(13)11-5-10-22-19(24)18-15(20)7-4-8-16(18)21/h2-4,6-9,12H,5,10-11H2,1H3,(H,22,24). The van der Waals surface area contributed by atoms with Crippen LogP contribution in [-0.4, -0.2) is 17.0 Å². The third-order valence-electron chi connectivity index (χ3n) is 4.05. The Bertz CT molecular complexity index is 866. The van der Waals surface area contributed by atoms with Crippen molar-refractivity contribution in [1.82, 2.24) is 9.88 Å². The number of fused-ring (bicyclic) bond motifs is 1. The molecular formula is C19H18F2N2O. The van der Waals surface area contributed by atoms with E-state index in [1.807, 2.05) is 19.1 Å². The SMILES string of the molecule is Cc1cc2ccccc2n1CCCNC(=O)c1c(F)cccc1F. The zero-order valence-electron chi connectivity index (χ0n) is 13.4. The molecule has 0 aliphatic heterocycles. The Kier molecular flexibility index (Phi) is 4.60. The summed E-state index contributed by atoms with van der Waals surface area (Å²) in [6.45, 7) is 3.10. The molecule has 124 valence electrons. The summed E-state index contributed by atoms with van der Waals surface area (Å²) in [5, 5.41) is 3.75. The lowest BCUT2D eigenvalue weighted by atomic mass is 10.2. The molecule has 1 N–H and O–H groups in total. The van der Waals surface area contributed by atoms with Crippen molar-refractivity contribution >= 4 is 16.8 Å². The Morgan fingerprint density at radius 2 is 1.79 bits per heavy atom. The summed E-state index contributed by atoms with van der Waals surface area (Å²) in [6.07, 6.45) is 0.668. The minimum absolute atomic E-state index is 0.346. The fraction of sp³-hybridized carbons (Fsp3) is 0.211. The van der Waals surface area contributed by atoms with Crippen LogP contribution in [0.1, 0.15) is 22.5 Å². The maximum atomic E-state index is 13.6. The van der Waals surface area contributed by atoms with E-state index in [1.54, 1.807) is 0 Å². The smallest absolute Gasteiger partial charge is 0.257 e. The Labute approximate surface area is 138 Å². The van der Waals surface area contributed by atoms with Gasteiger partial charge >= 0.3 is 0 Å². The third-order valence-corrected chi connectivity index (χ3v) is 4.05. The van der Waals surface area contributed by atoms with Crippen molar-refractivity contribution in [2.45, 2.75) is 19.9 Å². The first-order valence-corrected chi connectivity index (χ1v) is 7.85. The maximum absolute atomic E-state index is 13.6. The molecule has 1 amide bonds. The number of rotatable bonds is 5. The van der Waals surface area contributed by atoms with E-state index in [0.717, 1.165) is 29.9 Å². The lowest BCUT2D eigenvalue weighted by Gasteiger charge is -2.10. The van der Waals surface area contributed by atoms with Crippen LogP contribution in [0.4, 0.5) is 8.78 Å². The number of hydrogen-bond donors (Lipinski definition) is 1. The van der Waals surface area contributed by atoms with Gasteiger partial charge in [-0.1, -0.05) is 24.3 Å². The molecule has 24 heavy (non-hydrogen) atoms. The van der Waals surface area contributed by atoms with Crippen LogP contribution in [-0.2, 0) is 6.54 Å². The molecule has 0 saturated heterocycles. The van der Waals surface area contributed by atoms with E-state index in [4.69, 9.17) is 0 Å². The second kappa shape index (κ2) is 6.83. The van der Waals surface area contributed by atoms with Gasteiger partial charge in [-0.15, -0.1) is 0 Å². The number of hydrogen-bond acceptors (Lipinski definition) is 1. The van der Waals surface area contributed by atoms with Gasteiger partial charge in [-0.3, -0.25) is 4.79 Å². The van der Waals surface area contributed by atoms with Crippen LogP contribution in [0.15, 0.2) is 48.5 Å². The first-order valence-electron chi connectivity index (χ1n) is 7.85. The average Bonchev–Trinajstić information content (AvgIpc) is 2.87. The van der Waals surface area contributed by atoms with Crippen LogP contribution >= 0.6 is 0 Å². The molecule has 0 bridgehead atoms. The Hall–Kier alpha value is -2.69. The summed E-state index contributed by atoms with van der Waals surface area (Å²) in [5.41, 5.74) is 1.75. The highest BCUT2D eigenvalue weighted by Gasteiger charge is 2.16. The number of aryl methyl sites for hydroxylation is 2. The molecule has 0 radical (unpaired) electrons. The Balaban J connectivity index is 1.61. The summed E-state index contributed by atoms with van der Waals surface area (Å²) >= 11 is 0. The highest BCUT2D eigenvalue weighted by Crippen LogP contribution is 2.19. The highest BCUT2D eigenvalue weighted by molar-refractivity contribution is 5.94. The lowest BCUT2D eigenvalue weighted by molar-refractivity contribution is 0.0944. The molecule has 1 heterocycles. The molecule has 0 unspecified atom stereocenters. The first-order chi connectivity index (χ1) is 11.6. The van der Waals surface area contributed by atoms with Gasteiger partial charge in [-0.2, -0.15) is 0 Å². The van der Waals surface area contributed by atoms with E-state index < -0.39 is 23.1 Å². The second-order valence-electron chi connectivity index (χ2n) is 5.70. The molecule has 0 atom stereocenters. The van der Waals surface area contributed by atoms with Crippen LogP contribution in [0.25, 0.3) is 10.9 Å². The number of nitrogens with zero attached hydrogens (tertiary/aromatic N) is 1. The monoisotopic (exact) mass is 328 g/mol. The molecular weight excluding hydrogens is 310 g/mol. The van der Waals surface area contributed by atoms with E-state index in [2.05, 4.69) is 28.1 Å². The fourth-order valence-corrected chi connectivity index (χ4v) is 2.89. The quantitative estimate of drug-likeness (QED) is 0.705. The third kappa shape index (κ3) is 3.15. The molecule has 2 aromatic carbocycles. The van der Waals surface area contributed by atoms with Crippen molar-refractivity contribution in [2.75, 3.05) is 6.54 Å².